The van der Waals surface area contributed by atoms with Crippen LogP contribution in [0.5, 0.6) is 0 Å². The Bertz CT molecular complexity index is 910. The zero-order chi connectivity index (χ0) is 16.8. The summed E-state index contributed by atoms with van der Waals surface area (Å²) >= 11 is 0. The maximum Gasteiger partial charge on any atom is 0.0784 e. The van der Waals surface area contributed by atoms with E-state index < -0.39 is 0 Å². The molecule has 0 N–H and O–H groups in total. The average molecular weight is 313 g/mol. The van der Waals surface area contributed by atoms with Gasteiger partial charge in [-0.25, -0.2) is 0 Å². The Labute approximate surface area is 144 Å². The summed E-state index contributed by atoms with van der Waals surface area (Å²) in [6, 6.07) is 8.52. The number of nitrogens with zero attached hydrogens (tertiary/aromatic N) is 1. The Kier molecular flexibility index (Phi) is 3.28. The molecule has 4 rings (SSSR count). The molecule has 0 fully saturated rings. The molecule has 1 heterocycles. The molecular weight excluding hydrogens is 290 g/mol. The molecule has 24 heavy (non-hydrogen) atoms. The minimum Gasteiger partial charge on any atom is -0.340 e. The normalized spacial score (nSPS) is 25.0. The highest BCUT2D eigenvalue weighted by Crippen LogP contribution is 2.34. The average Bonchev–Trinajstić information content (AvgIpc) is 2.85. The number of benzene rings is 1. The summed E-state index contributed by atoms with van der Waals surface area (Å²) in [7, 11) is 0. The minimum absolute atomic E-state index is 0.0780. The zero-order valence-electron chi connectivity index (χ0n) is 14.5. The van der Waals surface area contributed by atoms with E-state index in [1.165, 1.54) is 21.9 Å². The van der Waals surface area contributed by atoms with Crippen LogP contribution >= 0.6 is 0 Å². The van der Waals surface area contributed by atoms with Crippen molar-refractivity contribution in [2.75, 3.05) is 0 Å². The minimum atomic E-state index is -0.166. The molecule has 1 atom stereocenters. The Morgan fingerprint density at radius 3 is 2.08 bits per heavy atom. The second-order valence-corrected chi connectivity index (χ2v) is 7.59. The molecule has 0 saturated carbocycles. The Morgan fingerprint density at radius 1 is 0.792 bits per heavy atom. The molecule has 0 radical (unpaired) electrons. The number of allylic oxidation sites excluding steroid dienone is 10. The van der Waals surface area contributed by atoms with Crippen LogP contribution in [0.25, 0.3) is 10.8 Å². The lowest BCUT2D eigenvalue weighted by Gasteiger charge is -2.24. The first-order valence-electron chi connectivity index (χ1n) is 8.54. The van der Waals surface area contributed by atoms with Crippen molar-refractivity contribution in [3.63, 3.8) is 0 Å². The van der Waals surface area contributed by atoms with Crippen LogP contribution in [0.4, 0.5) is 0 Å². The second kappa shape index (κ2) is 5.24. The monoisotopic (exact) mass is 313 g/mol. The molecule has 120 valence electrons. The van der Waals surface area contributed by atoms with Gasteiger partial charge in [-0.2, -0.15) is 0 Å². The fraction of sp³-hybridized carbons (Fsp3) is 0.217. The topological polar surface area (TPSA) is 4.93 Å². The molecular formula is C23H23N. The Hall–Kier alpha value is -2.54. The summed E-state index contributed by atoms with van der Waals surface area (Å²) in [4.78, 5) is 0. The van der Waals surface area contributed by atoms with E-state index in [2.05, 4.69) is 111 Å². The van der Waals surface area contributed by atoms with Crippen LogP contribution in [0.2, 0.25) is 0 Å². The van der Waals surface area contributed by atoms with Gasteiger partial charge in [-0.1, -0.05) is 86.7 Å². The number of fused-ring (bicyclic) bond motifs is 2. The molecule has 1 unspecified atom stereocenters. The molecule has 2 aromatic rings. The van der Waals surface area contributed by atoms with Crippen LogP contribution in [-0.4, -0.2) is 4.57 Å². The van der Waals surface area contributed by atoms with Crippen molar-refractivity contribution >= 4 is 10.8 Å². The van der Waals surface area contributed by atoms with Crippen LogP contribution in [0, 0.1) is 5.41 Å². The van der Waals surface area contributed by atoms with E-state index in [1.807, 2.05) is 0 Å². The van der Waals surface area contributed by atoms with Crippen molar-refractivity contribution in [1.82, 2.24) is 4.57 Å². The van der Waals surface area contributed by atoms with E-state index >= 15 is 0 Å². The van der Waals surface area contributed by atoms with Gasteiger partial charge in [0.1, 0.15) is 0 Å². The summed E-state index contributed by atoms with van der Waals surface area (Å²) in [6.45, 7) is 6.74. The third-order valence-corrected chi connectivity index (χ3v) is 4.97. The predicted molar refractivity (Wildman–Crippen MR) is 103 cm³/mol. The largest absolute Gasteiger partial charge is 0.340 e. The summed E-state index contributed by atoms with van der Waals surface area (Å²) in [6.07, 6.45) is 22.6. The van der Waals surface area contributed by atoms with Crippen molar-refractivity contribution in [2.45, 2.75) is 26.3 Å². The molecule has 0 spiro atoms. The van der Waals surface area contributed by atoms with Gasteiger partial charge in [0.25, 0.3) is 0 Å². The fourth-order valence-corrected chi connectivity index (χ4v) is 3.43. The number of hydrogen-bond acceptors (Lipinski definition) is 0. The molecule has 0 amide bonds. The van der Waals surface area contributed by atoms with E-state index in [0.717, 1.165) is 0 Å². The third kappa shape index (κ3) is 2.60. The van der Waals surface area contributed by atoms with Crippen LogP contribution in [0.15, 0.2) is 96.4 Å². The fourth-order valence-electron chi connectivity index (χ4n) is 3.43. The first kappa shape index (κ1) is 15.0. The highest BCUT2D eigenvalue weighted by Gasteiger charge is 2.23. The van der Waals surface area contributed by atoms with Crippen molar-refractivity contribution in [2.24, 2.45) is 5.41 Å². The highest BCUT2D eigenvalue weighted by atomic mass is 15.0. The van der Waals surface area contributed by atoms with Gasteiger partial charge in [-0.05, 0) is 28.8 Å². The van der Waals surface area contributed by atoms with E-state index in [9.17, 15) is 0 Å². The number of rotatable bonds is 1. The summed E-state index contributed by atoms with van der Waals surface area (Å²) in [5, 5.41) is 2.56. The molecule has 1 aromatic carbocycles. The van der Waals surface area contributed by atoms with Crippen molar-refractivity contribution in [3.8, 4) is 0 Å². The van der Waals surface area contributed by atoms with Crippen LogP contribution in [-0.2, 0) is 5.54 Å². The van der Waals surface area contributed by atoms with Gasteiger partial charge in [0.2, 0.25) is 0 Å². The maximum absolute atomic E-state index is 2.35. The van der Waals surface area contributed by atoms with E-state index in [0.29, 0.717) is 0 Å². The van der Waals surface area contributed by atoms with E-state index in [4.69, 9.17) is 0 Å². The SMILES string of the molecule is CC1(C)C=CC=C2C=CC(C)(n3cc4ccccc4c3)C=CC2=C1. The predicted octanol–water partition coefficient (Wildman–Crippen LogP) is 5.93. The number of hydrogen-bond donors (Lipinski definition) is 0. The van der Waals surface area contributed by atoms with Crippen molar-refractivity contribution in [3.05, 3.63) is 96.4 Å². The molecule has 1 nitrogen and oxygen atoms in total. The van der Waals surface area contributed by atoms with Gasteiger partial charge in [-0.15, -0.1) is 0 Å². The van der Waals surface area contributed by atoms with Crippen molar-refractivity contribution in [1.29, 1.82) is 0 Å². The molecule has 1 aromatic heterocycles. The summed E-state index contributed by atoms with van der Waals surface area (Å²) in [5.41, 5.74) is 2.48. The molecule has 0 saturated heterocycles. The van der Waals surface area contributed by atoms with Crippen molar-refractivity contribution < 1.29 is 0 Å². The highest BCUT2D eigenvalue weighted by molar-refractivity contribution is 5.82. The van der Waals surface area contributed by atoms with Crippen LogP contribution in [0.1, 0.15) is 20.8 Å². The zero-order valence-corrected chi connectivity index (χ0v) is 14.5. The molecule has 0 aliphatic heterocycles. The van der Waals surface area contributed by atoms with Gasteiger partial charge < -0.3 is 4.57 Å². The molecule has 1 heteroatoms. The molecule has 2 aliphatic carbocycles. The van der Waals surface area contributed by atoms with E-state index in [-0.39, 0.29) is 11.0 Å². The first-order valence-corrected chi connectivity index (χ1v) is 8.54. The van der Waals surface area contributed by atoms with Gasteiger partial charge in [0.15, 0.2) is 0 Å². The van der Waals surface area contributed by atoms with Gasteiger partial charge >= 0.3 is 0 Å². The Morgan fingerprint density at radius 2 is 1.42 bits per heavy atom. The lowest BCUT2D eigenvalue weighted by molar-refractivity contribution is 0.519. The van der Waals surface area contributed by atoms with Gasteiger partial charge in [-0.3, -0.25) is 0 Å². The lowest BCUT2D eigenvalue weighted by Crippen LogP contribution is -2.23. The lowest BCUT2D eigenvalue weighted by atomic mass is 9.90. The van der Waals surface area contributed by atoms with E-state index in [1.54, 1.807) is 0 Å². The van der Waals surface area contributed by atoms with Crippen LogP contribution in [0.3, 0.4) is 0 Å². The quantitative estimate of drug-likeness (QED) is 0.615. The standard InChI is InChI=1S/C23H23N/c1-22(2)12-6-9-18-10-13-23(3,14-11-19(18)15-22)24-16-20-7-4-5-8-21(20)17-24/h4-17H,1-3H3. The van der Waals surface area contributed by atoms with Gasteiger partial charge in [0, 0.05) is 17.8 Å². The smallest absolute Gasteiger partial charge is 0.0784 e. The first-order chi connectivity index (χ1) is 11.5. The third-order valence-electron chi connectivity index (χ3n) is 4.97. The van der Waals surface area contributed by atoms with Crippen LogP contribution < -0.4 is 0 Å². The molecule has 0 bridgehead atoms. The van der Waals surface area contributed by atoms with Gasteiger partial charge in [0.05, 0.1) is 5.54 Å². The summed E-state index contributed by atoms with van der Waals surface area (Å²) in [5.74, 6) is 0. The number of aromatic nitrogens is 1. The molecule has 2 aliphatic rings. The second-order valence-electron chi connectivity index (χ2n) is 7.59. The Balaban J connectivity index is 1.81. The summed E-state index contributed by atoms with van der Waals surface area (Å²) < 4.78 is 2.30. The maximum atomic E-state index is 2.35.